The first-order valence-electron chi connectivity index (χ1n) is 14.2. The number of halogens is 2. The van der Waals surface area contributed by atoms with Gasteiger partial charge in [-0.05, 0) is 36.0 Å². The van der Waals surface area contributed by atoms with E-state index in [1.807, 2.05) is 32.0 Å². The molecular weight excluding hydrogens is 546 g/mol. The number of tetrazole rings is 1. The zero-order chi connectivity index (χ0) is 29.8. The predicted octanol–water partition coefficient (Wildman–Crippen LogP) is 1.73. The lowest BCUT2D eigenvalue weighted by Crippen LogP contribution is -2.56. The quantitative estimate of drug-likeness (QED) is 0.270. The molecule has 13 heteroatoms. The number of rotatable bonds is 11. The number of para-hydroxylation sites is 1. The van der Waals surface area contributed by atoms with Gasteiger partial charge in [-0.1, -0.05) is 55.8 Å². The Morgan fingerprint density at radius 2 is 1.95 bits per heavy atom. The number of benzene rings is 2. The molecule has 2 aromatic carbocycles. The standard InChI is InChI=1S/C29H34F2N8O3/c1-3-16(2)22(34-25(40)13-18-7-5-9-20(30)26(18)31)14-32-21-11-10-17-6-4-8-19-12-23(39(27(17)19)29(21)42)28(41)33-15-24-35-37-38-36-24/h4-9,16,21-23,32H,3,10-15H2,1-2H3,(H,33,41)(H,34,40)(H,35,36,37,38)/t16-,21-,22+,23-/m0/s1. The highest BCUT2D eigenvalue weighted by Gasteiger charge is 2.43. The molecule has 3 aromatic rings. The number of hydrogen-bond acceptors (Lipinski definition) is 7. The Bertz CT molecular complexity index is 1450. The van der Waals surface area contributed by atoms with Gasteiger partial charge in [0.25, 0.3) is 0 Å². The minimum Gasteiger partial charge on any atom is -0.352 e. The van der Waals surface area contributed by atoms with Gasteiger partial charge in [0.2, 0.25) is 17.7 Å². The van der Waals surface area contributed by atoms with Gasteiger partial charge in [0, 0.05) is 24.6 Å². The molecule has 4 N–H and O–H groups in total. The van der Waals surface area contributed by atoms with E-state index in [-0.39, 0.29) is 48.8 Å². The first-order chi connectivity index (χ1) is 20.3. The van der Waals surface area contributed by atoms with Crippen molar-refractivity contribution in [3.63, 3.8) is 0 Å². The maximum Gasteiger partial charge on any atom is 0.244 e. The second-order valence-corrected chi connectivity index (χ2v) is 10.8. The Balaban J connectivity index is 1.28. The van der Waals surface area contributed by atoms with Gasteiger partial charge in [-0.15, -0.1) is 10.2 Å². The van der Waals surface area contributed by atoms with Crippen molar-refractivity contribution in [3.8, 4) is 0 Å². The third kappa shape index (κ3) is 6.15. The summed E-state index contributed by atoms with van der Waals surface area (Å²) in [5.74, 6) is -2.62. The van der Waals surface area contributed by atoms with Crippen LogP contribution in [0.2, 0.25) is 0 Å². The number of nitrogens with one attached hydrogen (secondary N) is 4. The monoisotopic (exact) mass is 580 g/mol. The molecule has 1 aromatic heterocycles. The largest absolute Gasteiger partial charge is 0.352 e. The zero-order valence-electron chi connectivity index (χ0n) is 23.5. The van der Waals surface area contributed by atoms with Crippen LogP contribution >= 0.6 is 0 Å². The molecule has 0 radical (unpaired) electrons. The van der Waals surface area contributed by atoms with Crippen molar-refractivity contribution in [2.45, 2.75) is 70.6 Å². The molecule has 0 saturated heterocycles. The molecule has 0 bridgehead atoms. The molecule has 2 aliphatic heterocycles. The Labute approximate surface area is 241 Å². The summed E-state index contributed by atoms with van der Waals surface area (Å²) in [6.07, 6.45) is 1.99. The SMILES string of the molecule is CC[C@H](C)[C@@H](CN[C@H]1CCc2cccc3c2N(C1=O)[C@H](C(=O)NCc1nn[nH]n1)C3)NC(=O)Cc1cccc(F)c1F. The van der Waals surface area contributed by atoms with E-state index < -0.39 is 29.6 Å². The summed E-state index contributed by atoms with van der Waals surface area (Å²) in [5.41, 5.74) is 2.71. The van der Waals surface area contributed by atoms with Crippen molar-refractivity contribution < 1.29 is 23.2 Å². The summed E-state index contributed by atoms with van der Waals surface area (Å²) in [4.78, 5) is 41.7. The molecular formula is C29H34F2N8O3. The first-order valence-corrected chi connectivity index (χ1v) is 14.2. The van der Waals surface area contributed by atoms with Crippen LogP contribution < -0.4 is 20.9 Å². The summed E-state index contributed by atoms with van der Waals surface area (Å²) in [6.45, 7) is 4.34. The maximum atomic E-state index is 14.1. The highest BCUT2D eigenvalue weighted by molar-refractivity contribution is 6.06. The summed E-state index contributed by atoms with van der Waals surface area (Å²) in [7, 11) is 0. The van der Waals surface area contributed by atoms with Crippen molar-refractivity contribution >= 4 is 23.4 Å². The van der Waals surface area contributed by atoms with Crippen LogP contribution in [0.5, 0.6) is 0 Å². The number of aromatic amines is 1. The molecule has 4 atom stereocenters. The maximum absolute atomic E-state index is 14.1. The molecule has 11 nitrogen and oxygen atoms in total. The average Bonchev–Trinajstić information content (AvgIpc) is 3.62. The number of hydrogen-bond donors (Lipinski definition) is 4. The van der Waals surface area contributed by atoms with Crippen LogP contribution in [0, 0.1) is 17.6 Å². The van der Waals surface area contributed by atoms with Crippen molar-refractivity contribution in [1.29, 1.82) is 0 Å². The lowest BCUT2D eigenvalue weighted by Gasteiger charge is -2.30. The number of aromatic nitrogens is 4. The van der Waals surface area contributed by atoms with Crippen molar-refractivity contribution in [1.82, 2.24) is 36.6 Å². The molecule has 3 amide bonds. The average molecular weight is 581 g/mol. The second kappa shape index (κ2) is 12.7. The van der Waals surface area contributed by atoms with E-state index in [4.69, 9.17) is 0 Å². The summed E-state index contributed by atoms with van der Waals surface area (Å²) < 4.78 is 27.8. The lowest BCUT2D eigenvalue weighted by molar-refractivity contribution is -0.127. The fourth-order valence-electron chi connectivity index (χ4n) is 5.64. The van der Waals surface area contributed by atoms with Crippen LogP contribution in [-0.2, 0) is 40.2 Å². The minimum absolute atomic E-state index is 0.0199. The highest BCUT2D eigenvalue weighted by Crippen LogP contribution is 2.39. The number of amides is 3. The number of nitrogens with zero attached hydrogens (tertiary/aromatic N) is 4. The Morgan fingerprint density at radius 3 is 2.71 bits per heavy atom. The lowest BCUT2D eigenvalue weighted by atomic mass is 9.97. The van der Waals surface area contributed by atoms with Gasteiger partial charge in [0.05, 0.1) is 24.7 Å². The molecule has 3 heterocycles. The van der Waals surface area contributed by atoms with E-state index in [1.165, 1.54) is 12.1 Å². The van der Waals surface area contributed by atoms with Crippen molar-refractivity contribution in [3.05, 3.63) is 70.5 Å². The summed E-state index contributed by atoms with van der Waals surface area (Å²) in [5, 5.41) is 22.7. The molecule has 0 unspecified atom stereocenters. The first kappa shape index (κ1) is 29.2. The molecule has 222 valence electrons. The van der Waals surface area contributed by atoms with Gasteiger partial charge >= 0.3 is 0 Å². The summed E-state index contributed by atoms with van der Waals surface area (Å²) in [6, 6.07) is 7.94. The topological polar surface area (TPSA) is 145 Å². The molecule has 0 saturated carbocycles. The third-order valence-corrected chi connectivity index (χ3v) is 8.16. The summed E-state index contributed by atoms with van der Waals surface area (Å²) >= 11 is 0. The van der Waals surface area contributed by atoms with E-state index in [2.05, 4.69) is 36.6 Å². The molecule has 0 fully saturated rings. The molecule has 0 aliphatic carbocycles. The third-order valence-electron chi connectivity index (χ3n) is 8.16. The van der Waals surface area contributed by atoms with E-state index in [9.17, 15) is 23.2 Å². The van der Waals surface area contributed by atoms with Crippen LogP contribution in [0.15, 0.2) is 36.4 Å². The zero-order valence-corrected chi connectivity index (χ0v) is 23.5. The number of aryl methyl sites for hydroxylation is 1. The van der Waals surface area contributed by atoms with Crippen LogP contribution in [0.1, 0.15) is 49.2 Å². The number of carbonyl (C=O) groups is 3. The Morgan fingerprint density at radius 1 is 1.17 bits per heavy atom. The van der Waals surface area contributed by atoms with Gasteiger partial charge < -0.3 is 16.0 Å². The number of H-pyrrole nitrogens is 1. The van der Waals surface area contributed by atoms with Gasteiger partial charge in [-0.3, -0.25) is 19.3 Å². The van der Waals surface area contributed by atoms with Crippen molar-refractivity contribution in [2.75, 3.05) is 11.4 Å². The molecule has 42 heavy (non-hydrogen) atoms. The Hall–Kier alpha value is -4.26. The van der Waals surface area contributed by atoms with E-state index >= 15 is 0 Å². The van der Waals surface area contributed by atoms with Gasteiger partial charge in [-0.2, -0.15) is 5.21 Å². The van der Waals surface area contributed by atoms with Gasteiger partial charge in [0.1, 0.15) is 6.04 Å². The highest BCUT2D eigenvalue weighted by atomic mass is 19.2. The Kier molecular flexibility index (Phi) is 8.86. The fourth-order valence-corrected chi connectivity index (χ4v) is 5.64. The minimum atomic E-state index is -1.03. The predicted molar refractivity (Wildman–Crippen MR) is 149 cm³/mol. The van der Waals surface area contributed by atoms with Crippen LogP contribution in [0.3, 0.4) is 0 Å². The van der Waals surface area contributed by atoms with E-state index in [1.54, 1.807) is 4.90 Å². The van der Waals surface area contributed by atoms with Gasteiger partial charge in [-0.25, -0.2) is 8.78 Å². The van der Waals surface area contributed by atoms with Gasteiger partial charge in [0.15, 0.2) is 17.5 Å². The molecule has 2 aliphatic rings. The molecule has 0 spiro atoms. The van der Waals surface area contributed by atoms with E-state index in [0.717, 1.165) is 29.3 Å². The number of anilines is 1. The van der Waals surface area contributed by atoms with Crippen LogP contribution in [-0.4, -0.2) is 63.0 Å². The van der Waals surface area contributed by atoms with Crippen LogP contribution in [0.25, 0.3) is 0 Å². The fraction of sp³-hybridized carbons (Fsp3) is 0.448. The van der Waals surface area contributed by atoms with Crippen LogP contribution in [0.4, 0.5) is 14.5 Å². The molecule has 5 rings (SSSR count). The smallest absolute Gasteiger partial charge is 0.244 e. The second-order valence-electron chi connectivity index (χ2n) is 10.8. The van der Waals surface area contributed by atoms with Crippen molar-refractivity contribution in [2.24, 2.45) is 5.92 Å². The number of carbonyl (C=O) groups excluding carboxylic acids is 3. The van der Waals surface area contributed by atoms with E-state index in [0.29, 0.717) is 25.1 Å². The normalized spacial score (nSPS) is 19.1.